The van der Waals surface area contributed by atoms with E-state index < -0.39 is 5.91 Å². The molecule has 5 N–H and O–H groups in total. The summed E-state index contributed by atoms with van der Waals surface area (Å²) in [7, 11) is 0. The molecule has 2 aliphatic carbocycles. The van der Waals surface area contributed by atoms with Crippen molar-refractivity contribution in [2.24, 2.45) is 11.5 Å². The van der Waals surface area contributed by atoms with Crippen LogP contribution in [0, 0.1) is 0 Å². The molecule has 32 heavy (non-hydrogen) atoms. The number of Topliss-reactive ketones (excluding diaryl/α,β-unsaturated/α-hetero) is 1. The lowest BCUT2D eigenvalue weighted by atomic mass is 9.69. The van der Waals surface area contributed by atoms with Crippen molar-refractivity contribution in [3.63, 3.8) is 0 Å². The molecule has 1 aromatic heterocycles. The van der Waals surface area contributed by atoms with Crippen molar-refractivity contribution in [3.05, 3.63) is 41.1 Å². The van der Waals surface area contributed by atoms with Gasteiger partial charge in [-0.25, -0.2) is 4.98 Å². The first-order valence-corrected chi connectivity index (χ1v) is 11.6. The molecule has 168 valence electrons. The maximum Gasteiger partial charge on any atom is 0.254 e. The fourth-order valence-corrected chi connectivity index (χ4v) is 5.58. The van der Waals surface area contributed by atoms with Gasteiger partial charge in [0, 0.05) is 37.4 Å². The number of fused-ring (bicyclic) bond motifs is 2. The normalized spacial score (nSPS) is 22.1. The van der Waals surface area contributed by atoms with Gasteiger partial charge in [-0.1, -0.05) is 25.3 Å². The average molecular weight is 435 g/mol. The predicted molar refractivity (Wildman–Crippen MR) is 123 cm³/mol. The van der Waals surface area contributed by atoms with Gasteiger partial charge in [-0.2, -0.15) is 4.98 Å². The molecule has 5 rings (SSSR count). The fourth-order valence-electron chi connectivity index (χ4n) is 5.58. The first-order valence-electron chi connectivity index (χ1n) is 11.6. The van der Waals surface area contributed by atoms with E-state index in [1.54, 1.807) is 0 Å². The van der Waals surface area contributed by atoms with Crippen LogP contribution in [0.5, 0.6) is 0 Å². The van der Waals surface area contributed by atoms with E-state index in [1.165, 1.54) is 12.6 Å². The Kier molecular flexibility index (Phi) is 5.33. The van der Waals surface area contributed by atoms with Crippen molar-refractivity contribution in [1.29, 1.82) is 0 Å². The number of carbonyl (C=O) groups is 2. The highest BCUT2D eigenvalue weighted by Gasteiger charge is 2.46. The lowest BCUT2D eigenvalue weighted by molar-refractivity contribution is -0.124. The van der Waals surface area contributed by atoms with Crippen LogP contribution in [0.15, 0.2) is 24.4 Å². The Hall–Kier alpha value is -3.00. The van der Waals surface area contributed by atoms with Gasteiger partial charge in [0.15, 0.2) is 0 Å². The molecule has 0 bridgehead atoms. The molecule has 1 aliphatic heterocycles. The number of amides is 1. The van der Waals surface area contributed by atoms with Crippen molar-refractivity contribution in [2.75, 3.05) is 23.3 Å². The van der Waals surface area contributed by atoms with E-state index in [1.807, 2.05) is 17.0 Å². The first kappa shape index (κ1) is 20.9. The third kappa shape index (κ3) is 3.62. The van der Waals surface area contributed by atoms with Crippen molar-refractivity contribution in [2.45, 2.75) is 62.8 Å². The van der Waals surface area contributed by atoms with Gasteiger partial charge in [-0.05, 0) is 48.9 Å². The number of anilines is 3. The number of aromatic nitrogens is 2. The van der Waals surface area contributed by atoms with E-state index in [-0.39, 0.29) is 17.0 Å². The number of primary amides is 1. The highest BCUT2D eigenvalue weighted by atomic mass is 16.1. The molecule has 0 radical (unpaired) electrons. The minimum absolute atomic E-state index is 0.0838. The summed E-state index contributed by atoms with van der Waals surface area (Å²) in [5.74, 6) is 0.666. The maximum atomic E-state index is 12.9. The van der Waals surface area contributed by atoms with Gasteiger partial charge in [0.1, 0.15) is 17.2 Å². The average Bonchev–Trinajstić information content (AvgIpc) is 3.05. The van der Waals surface area contributed by atoms with E-state index in [2.05, 4.69) is 21.4 Å². The molecule has 1 aromatic carbocycles. The van der Waals surface area contributed by atoms with Crippen LogP contribution in [0.25, 0.3) is 0 Å². The van der Waals surface area contributed by atoms with Crippen molar-refractivity contribution in [3.8, 4) is 0 Å². The lowest BCUT2D eigenvalue weighted by Crippen LogP contribution is -2.43. The quantitative estimate of drug-likeness (QED) is 0.675. The highest BCUT2D eigenvalue weighted by Crippen LogP contribution is 2.47. The van der Waals surface area contributed by atoms with E-state index in [0.29, 0.717) is 30.5 Å². The Bertz CT molecular complexity index is 1060. The summed E-state index contributed by atoms with van der Waals surface area (Å²) in [6.45, 7) is 1.51. The van der Waals surface area contributed by atoms with Crippen LogP contribution in [-0.4, -0.2) is 40.8 Å². The number of nitrogens with two attached hydrogens (primary N) is 2. The van der Waals surface area contributed by atoms with Gasteiger partial charge >= 0.3 is 0 Å². The molecule has 1 amide bonds. The summed E-state index contributed by atoms with van der Waals surface area (Å²) >= 11 is 0. The summed E-state index contributed by atoms with van der Waals surface area (Å²) in [5.41, 5.74) is 14.6. The van der Waals surface area contributed by atoms with Gasteiger partial charge < -0.3 is 21.7 Å². The second-order valence-electron chi connectivity index (χ2n) is 9.38. The summed E-state index contributed by atoms with van der Waals surface area (Å²) in [5, 5.41) is 3.29. The molecule has 2 fully saturated rings. The molecule has 2 heterocycles. The second-order valence-corrected chi connectivity index (χ2v) is 9.38. The predicted octanol–water partition coefficient (Wildman–Crippen LogP) is 2.57. The third-order valence-electron chi connectivity index (χ3n) is 7.26. The van der Waals surface area contributed by atoms with Gasteiger partial charge in [0.2, 0.25) is 5.95 Å². The van der Waals surface area contributed by atoms with Crippen LogP contribution in [0.1, 0.15) is 66.4 Å². The molecule has 1 saturated heterocycles. The lowest BCUT2D eigenvalue weighted by Gasteiger charge is -2.33. The Labute approximate surface area is 187 Å². The van der Waals surface area contributed by atoms with E-state index in [0.717, 1.165) is 61.9 Å². The highest BCUT2D eigenvalue weighted by molar-refractivity contribution is 5.99. The number of nitrogens with zero attached hydrogens (tertiary/aromatic N) is 3. The summed E-state index contributed by atoms with van der Waals surface area (Å²) in [4.78, 5) is 36.1. The molecule has 2 aromatic rings. The van der Waals surface area contributed by atoms with Crippen molar-refractivity contribution in [1.82, 2.24) is 9.97 Å². The number of rotatable bonds is 4. The molecular formula is C24H30N6O2. The maximum absolute atomic E-state index is 12.9. The van der Waals surface area contributed by atoms with Gasteiger partial charge in [0.25, 0.3) is 5.91 Å². The topological polar surface area (TPSA) is 127 Å². The zero-order chi connectivity index (χ0) is 22.3. The van der Waals surface area contributed by atoms with Crippen LogP contribution >= 0.6 is 0 Å². The van der Waals surface area contributed by atoms with Crippen LogP contribution in [0.2, 0.25) is 0 Å². The smallest absolute Gasteiger partial charge is 0.254 e. The Morgan fingerprint density at radius 1 is 1.19 bits per heavy atom. The van der Waals surface area contributed by atoms with E-state index >= 15 is 0 Å². The minimum Gasteiger partial charge on any atom is -0.365 e. The SMILES string of the molecule is NC(=O)c1cnc(N2CCC[C@H](N)C2)nc1Nc1ccc2c(c1)C1(CCCCC1)C(=O)C2. The molecule has 8 nitrogen and oxygen atoms in total. The number of piperidine rings is 1. The standard InChI is InChI=1S/C24H30N6O2/c25-16-5-4-10-30(14-16)23-27-13-18(21(26)32)22(29-23)28-17-7-6-15-11-20(31)24(19(15)12-17)8-2-1-3-9-24/h6-7,12-13,16H,1-5,8-11,14,25H2,(H2,26,32)(H,27,28,29)/t16-/m0/s1. The first-order chi connectivity index (χ1) is 15.5. The van der Waals surface area contributed by atoms with Crippen LogP contribution < -0.4 is 21.7 Å². The third-order valence-corrected chi connectivity index (χ3v) is 7.26. The van der Waals surface area contributed by atoms with Gasteiger partial charge in [-0.3, -0.25) is 9.59 Å². The zero-order valence-electron chi connectivity index (χ0n) is 18.3. The minimum atomic E-state index is -0.588. The number of carbonyl (C=O) groups excluding carboxylic acids is 2. The van der Waals surface area contributed by atoms with E-state index in [9.17, 15) is 9.59 Å². The molecule has 1 atom stereocenters. The van der Waals surface area contributed by atoms with Gasteiger partial charge in [-0.15, -0.1) is 0 Å². The summed E-state index contributed by atoms with van der Waals surface area (Å²) in [6, 6.07) is 6.11. The van der Waals surface area contributed by atoms with E-state index in [4.69, 9.17) is 11.5 Å². The molecule has 0 unspecified atom stereocenters. The number of ketones is 1. The number of benzene rings is 1. The number of nitrogens with one attached hydrogen (secondary N) is 1. The number of hydrogen-bond donors (Lipinski definition) is 3. The number of hydrogen-bond acceptors (Lipinski definition) is 7. The second kappa shape index (κ2) is 8.16. The fraction of sp³-hybridized carbons (Fsp3) is 0.500. The Balaban J connectivity index is 1.48. The van der Waals surface area contributed by atoms with Crippen LogP contribution in [-0.2, 0) is 16.6 Å². The summed E-state index contributed by atoms with van der Waals surface area (Å²) in [6.07, 6.45) is 9.14. The Morgan fingerprint density at radius 2 is 2.00 bits per heavy atom. The Morgan fingerprint density at radius 3 is 2.75 bits per heavy atom. The molecule has 1 saturated carbocycles. The van der Waals surface area contributed by atoms with Crippen molar-refractivity contribution < 1.29 is 9.59 Å². The molecule has 8 heteroatoms. The molecule has 1 spiro atoms. The van der Waals surface area contributed by atoms with Crippen LogP contribution in [0.4, 0.5) is 17.5 Å². The van der Waals surface area contributed by atoms with Crippen molar-refractivity contribution >= 4 is 29.1 Å². The van der Waals surface area contributed by atoms with Gasteiger partial charge in [0.05, 0.1) is 5.41 Å². The monoisotopic (exact) mass is 434 g/mol. The summed E-state index contributed by atoms with van der Waals surface area (Å²) < 4.78 is 0. The largest absolute Gasteiger partial charge is 0.365 e. The zero-order valence-corrected chi connectivity index (χ0v) is 18.3. The van der Waals surface area contributed by atoms with Crippen LogP contribution in [0.3, 0.4) is 0 Å². The molecular weight excluding hydrogens is 404 g/mol. The molecule has 3 aliphatic rings.